The molecular formula is C5H10BNO2. The quantitative estimate of drug-likeness (QED) is 0.393. The van der Waals surface area contributed by atoms with Gasteiger partial charge in [0, 0.05) is 13.3 Å². The molecule has 0 aliphatic carbocycles. The van der Waals surface area contributed by atoms with Gasteiger partial charge >= 0.3 is 7.12 Å². The van der Waals surface area contributed by atoms with Crippen molar-refractivity contribution in [3.63, 3.8) is 0 Å². The van der Waals surface area contributed by atoms with Gasteiger partial charge in [-0.1, -0.05) is 6.08 Å². The van der Waals surface area contributed by atoms with Crippen molar-refractivity contribution in [3.8, 4) is 0 Å². The lowest BCUT2D eigenvalue weighted by atomic mass is 9.80. The molecule has 0 fully saturated rings. The second-order valence-corrected chi connectivity index (χ2v) is 1.55. The van der Waals surface area contributed by atoms with Crippen molar-refractivity contribution in [3.05, 3.63) is 11.5 Å². The first-order chi connectivity index (χ1) is 4.22. The second-order valence-electron chi connectivity index (χ2n) is 1.55. The van der Waals surface area contributed by atoms with Crippen molar-refractivity contribution in [2.75, 3.05) is 7.05 Å². The monoisotopic (exact) mass is 127 g/mol. The molecule has 0 aromatic heterocycles. The van der Waals surface area contributed by atoms with Crippen LogP contribution in [0.4, 0.5) is 0 Å². The Bertz CT molecular complexity index is 131. The Balaban J connectivity index is 4.01. The first kappa shape index (κ1) is 8.39. The van der Waals surface area contributed by atoms with Gasteiger partial charge in [0.15, 0.2) is 0 Å². The van der Waals surface area contributed by atoms with Gasteiger partial charge in [0.1, 0.15) is 0 Å². The molecule has 0 bridgehead atoms. The summed E-state index contributed by atoms with van der Waals surface area (Å²) in [6.07, 6.45) is 3.00. The number of hydrogen-bond acceptors (Lipinski definition) is 3. The Hall–Kier alpha value is -0.605. The first-order valence-electron chi connectivity index (χ1n) is 2.67. The van der Waals surface area contributed by atoms with E-state index in [-0.39, 0.29) is 0 Å². The Morgan fingerprint density at radius 2 is 2.11 bits per heavy atom. The van der Waals surface area contributed by atoms with Crippen LogP contribution in [0, 0.1) is 0 Å². The highest BCUT2D eigenvalue weighted by atomic mass is 16.4. The summed E-state index contributed by atoms with van der Waals surface area (Å²) in [6, 6.07) is 0. The molecule has 0 saturated carbocycles. The standard InChI is InChI=1S/C5H10BNO2/c1-3-5(4-7-2)6(8)9/h3-4,8-9H,1-2H3/b5-3+,7-4?. The molecule has 2 N–H and O–H groups in total. The number of nitrogens with zero attached hydrogens (tertiary/aromatic N) is 1. The van der Waals surface area contributed by atoms with Crippen LogP contribution in [0.25, 0.3) is 0 Å². The van der Waals surface area contributed by atoms with E-state index < -0.39 is 7.12 Å². The van der Waals surface area contributed by atoms with Crippen LogP contribution in [0.15, 0.2) is 16.5 Å². The molecule has 0 aliphatic heterocycles. The zero-order valence-electron chi connectivity index (χ0n) is 5.57. The van der Waals surface area contributed by atoms with Gasteiger partial charge in [0.25, 0.3) is 0 Å². The number of allylic oxidation sites excluding steroid dienone is 2. The molecule has 0 amide bonds. The van der Waals surface area contributed by atoms with E-state index in [1.54, 1.807) is 20.0 Å². The summed E-state index contributed by atoms with van der Waals surface area (Å²) in [5.74, 6) is 0. The average Bonchev–Trinajstić information content (AvgIpc) is 1.82. The van der Waals surface area contributed by atoms with E-state index in [2.05, 4.69) is 4.99 Å². The molecule has 9 heavy (non-hydrogen) atoms. The lowest BCUT2D eigenvalue weighted by molar-refractivity contribution is 0.422. The fourth-order valence-corrected chi connectivity index (χ4v) is 0.439. The Kier molecular flexibility index (Phi) is 4.00. The van der Waals surface area contributed by atoms with Crippen LogP contribution in [0.3, 0.4) is 0 Å². The van der Waals surface area contributed by atoms with E-state index in [0.29, 0.717) is 5.47 Å². The van der Waals surface area contributed by atoms with Crippen LogP contribution in [0.2, 0.25) is 0 Å². The highest BCUT2D eigenvalue weighted by molar-refractivity contribution is 6.56. The van der Waals surface area contributed by atoms with Crippen molar-refractivity contribution in [2.45, 2.75) is 6.92 Å². The van der Waals surface area contributed by atoms with Gasteiger partial charge in [0.05, 0.1) is 0 Å². The third kappa shape index (κ3) is 3.05. The molecule has 0 aliphatic rings. The van der Waals surface area contributed by atoms with Gasteiger partial charge in [-0.3, -0.25) is 4.99 Å². The van der Waals surface area contributed by atoms with Crippen LogP contribution in [-0.4, -0.2) is 30.4 Å². The van der Waals surface area contributed by atoms with E-state index in [0.717, 1.165) is 0 Å². The smallest absolute Gasteiger partial charge is 0.423 e. The van der Waals surface area contributed by atoms with E-state index in [4.69, 9.17) is 10.0 Å². The molecule has 0 aromatic carbocycles. The molecule has 0 saturated heterocycles. The van der Waals surface area contributed by atoms with Gasteiger partial charge < -0.3 is 10.0 Å². The largest absolute Gasteiger partial charge is 0.489 e. The molecule has 3 nitrogen and oxygen atoms in total. The predicted octanol–water partition coefficient (Wildman–Crippen LogP) is -0.355. The van der Waals surface area contributed by atoms with Gasteiger partial charge in [-0.05, 0) is 12.4 Å². The molecule has 0 heterocycles. The number of hydrogen-bond donors (Lipinski definition) is 2. The fourth-order valence-electron chi connectivity index (χ4n) is 0.439. The lowest BCUT2D eigenvalue weighted by Gasteiger charge is -1.94. The van der Waals surface area contributed by atoms with Gasteiger partial charge in [-0.25, -0.2) is 0 Å². The normalized spacial score (nSPS) is 12.7. The molecule has 4 heteroatoms. The van der Waals surface area contributed by atoms with Crippen molar-refractivity contribution in [1.29, 1.82) is 0 Å². The van der Waals surface area contributed by atoms with Crippen LogP contribution >= 0.6 is 0 Å². The van der Waals surface area contributed by atoms with Gasteiger partial charge in [-0.2, -0.15) is 0 Å². The van der Waals surface area contributed by atoms with Gasteiger partial charge in [0.2, 0.25) is 0 Å². The summed E-state index contributed by atoms with van der Waals surface area (Å²) in [4.78, 5) is 3.61. The zero-order valence-corrected chi connectivity index (χ0v) is 5.57. The highest BCUT2D eigenvalue weighted by Crippen LogP contribution is 1.89. The fraction of sp³-hybridized carbons (Fsp3) is 0.400. The lowest BCUT2D eigenvalue weighted by Crippen LogP contribution is -2.15. The second kappa shape index (κ2) is 4.29. The topological polar surface area (TPSA) is 52.8 Å². The SMILES string of the molecule is C/C=C(\C=NC)B(O)O. The van der Waals surface area contributed by atoms with Crippen molar-refractivity contribution in [2.24, 2.45) is 4.99 Å². The minimum Gasteiger partial charge on any atom is -0.423 e. The molecular weight excluding hydrogens is 117 g/mol. The van der Waals surface area contributed by atoms with Crippen LogP contribution in [-0.2, 0) is 0 Å². The van der Waals surface area contributed by atoms with Crippen molar-refractivity contribution in [1.82, 2.24) is 0 Å². The third-order valence-corrected chi connectivity index (χ3v) is 0.910. The summed E-state index contributed by atoms with van der Waals surface area (Å²) in [5, 5.41) is 17.1. The van der Waals surface area contributed by atoms with E-state index in [1.165, 1.54) is 6.21 Å². The molecule has 0 atom stereocenters. The first-order valence-corrected chi connectivity index (χ1v) is 2.67. The summed E-state index contributed by atoms with van der Waals surface area (Å²) in [7, 11) is 0.171. The van der Waals surface area contributed by atoms with Gasteiger partial charge in [-0.15, -0.1) is 0 Å². The Labute approximate surface area is 54.9 Å². The average molecular weight is 127 g/mol. The summed E-state index contributed by atoms with van der Waals surface area (Å²) in [6.45, 7) is 1.72. The summed E-state index contributed by atoms with van der Waals surface area (Å²) in [5.41, 5.74) is 0.414. The maximum atomic E-state index is 8.54. The van der Waals surface area contributed by atoms with Crippen molar-refractivity contribution < 1.29 is 10.0 Å². The van der Waals surface area contributed by atoms with Crippen molar-refractivity contribution >= 4 is 13.3 Å². The molecule has 50 valence electrons. The number of rotatable bonds is 2. The summed E-state index contributed by atoms with van der Waals surface area (Å²) >= 11 is 0. The predicted molar refractivity (Wildman–Crippen MR) is 38.4 cm³/mol. The van der Waals surface area contributed by atoms with E-state index in [1.807, 2.05) is 0 Å². The maximum absolute atomic E-state index is 8.54. The Morgan fingerprint density at radius 1 is 1.56 bits per heavy atom. The van der Waals surface area contributed by atoms with Crippen LogP contribution in [0.5, 0.6) is 0 Å². The van der Waals surface area contributed by atoms with E-state index in [9.17, 15) is 0 Å². The van der Waals surface area contributed by atoms with E-state index >= 15 is 0 Å². The highest BCUT2D eigenvalue weighted by Gasteiger charge is 2.09. The molecule has 0 radical (unpaired) electrons. The molecule has 0 aromatic rings. The minimum atomic E-state index is -1.40. The van der Waals surface area contributed by atoms with Crippen LogP contribution < -0.4 is 0 Å². The third-order valence-electron chi connectivity index (χ3n) is 0.910. The van der Waals surface area contributed by atoms with Crippen LogP contribution in [0.1, 0.15) is 6.92 Å². The summed E-state index contributed by atoms with van der Waals surface area (Å²) < 4.78 is 0. The molecule has 0 spiro atoms. The zero-order chi connectivity index (χ0) is 7.28. The number of aliphatic imine (C=N–C) groups is 1. The maximum Gasteiger partial charge on any atom is 0.489 e. The molecule has 0 unspecified atom stereocenters. The molecule has 0 rings (SSSR count). The minimum absolute atomic E-state index is 0.414. The Morgan fingerprint density at radius 3 is 2.22 bits per heavy atom.